The molecule has 0 fully saturated rings. The third-order valence-corrected chi connectivity index (χ3v) is 2.24. The summed E-state index contributed by atoms with van der Waals surface area (Å²) in [6.45, 7) is 6.23. The van der Waals surface area contributed by atoms with Crippen LogP contribution >= 0.6 is 0 Å². The third-order valence-electron chi connectivity index (χ3n) is 2.24. The SMILES string of the molecule is CCCN(CC)c1ccccc1C#N. The van der Waals surface area contributed by atoms with Gasteiger partial charge in [-0.1, -0.05) is 19.1 Å². The van der Waals surface area contributed by atoms with Crippen molar-refractivity contribution in [1.29, 1.82) is 5.26 Å². The van der Waals surface area contributed by atoms with Crippen molar-refractivity contribution < 1.29 is 0 Å². The van der Waals surface area contributed by atoms with Gasteiger partial charge in [-0.3, -0.25) is 0 Å². The summed E-state index contributed by atoms with van der Waals surface area (Å²) in [5.74, 6) is 0. The highest BCUT2D eigenvalue weighted by Crippen LogP contribution is 2.19. The van der Waals surface area contributed by atoms with Crippen molar-refractivity contribution >= 4 is 5.69 Å². The lowest BCUT2D eigenvalue weighted by Crippen LogP contribution is -2.24. The van der Waals surface area contributed by atoms with Crippen molar-refractivity contribution in [2.24, 2.45) is 0 Å². The van der Waals surface area contributed by atoms with E-state index in [0.717, 1.165) is 30.8 Å². The Balaban J connectivity index is 2.97. The fourth-order valence-corrected chi connectivity index (χ4v) is 1.56. The van der Waals surface area contributed by atoms with E-state index in [4.69, 9.17) is 5.26 Å². The summed E-state index contributed by atoms with van der Waals surface area (Å²) < 4.78 is 0. The van der Waals surface area contributed by atoms with Gasteiger partial charge >= 0.3 is 0 Å². The third kappa shape index (κ3) is 2.26. The maximum Gasteiger partial charge on any atom is 0.101 e. The Morgan fingerprint density at radius 2 is 2.00 bits per heavy atom. The Morgan fingerprint density at radius 3 is 2.57 bits per heavy atom. The summed E-state index contributed by atoms with van der Waals surface area (Å²) in [5.41, 5.74) is 1.82. The summed E-state index contributed by atoms with van der Waals surface area (Å²) in [4.78, 5) is 2.23. The van der Waals surface area contributed by atoms with Crippen LogP contribution in [-0.2, 0) is 0 Å². The molecule has 1 aromatic carbocycles. The molecule has 0 spiro atoms. The van der Waals surface area contributed by atoms with Crippen molar-refractivity contribution in [2.75, 3.05) is 18.0 Å². The number of benzene rings is 1. The predicted octanol–water partition coefficient (Wildman–Crippen LogP) is 2.79. The standard InChI is InChI=1S/C12H16N2/c1-3-9-14(4-2)12-8-6-5-7-11(12)10-13/h5-8H,3-4,9H2,1-2H3. The van der Waals surface area contributed by atoms with Crippen LogP contribution in [0.4, 0.5) is 5.69 Å². The van der Waals surface area contributed by atoms with E-state index in [2.05, 4.69) is 24.8 Å². The van der Waals surface area contributed by atoms with Gasteiger partial charge in [0.05, 0.1) is 11.3 Å². The molecule has 74 valence electrons. The van der Waals surface area contributed by atoms with E-state index < -0.39 is 0 Å². The molecule has 0 radical (unpaired) electrons. The first-order chi connectivity index (χ1) is 6.83. The van der Waals surface area contributed by atoms with Crippen molar-refractivity contribution in [3.63, 3.8) is 0 Å². The van der Waals surface area contributed by atoms with E-state index in [1.54, 1.807) is 0 Å². The van der Waals surface area contributed by atoms with Crippen LogP contribution in [0.15, 0.2) is 24.3 Å². The van der Waals surface area contributed by atoms with E-state index in [9.17, 15) is 0 Å². The predicted molar refractivity (Wildman–Crippen MR) is 59.3 cm³/mol. The van der Waals surface area contributed by atoms with Crippen LogP contribution < -0.4 is 4.90 Å². The Labute approximate surface area is 85.8 Å². The van der Waals surface area contributed by atoms with Gasteiger partial charge in [-0.25, -0.2) is 0 Å². The molecule has 0 aliphatic rings. The van der Waals surface area contributed by atoms with E-state index in [1.807, 2.05) is 24.3 Å². The van der Waals surface area contributed by atoms with Crippen molar-refractivity contribution in [1.82, 2.24) is 0 Å². The normalized spacial score (nSPS) is 9.50. The fourth-order valence-electron chi connectivity index (χ4n) is 1.56. The van der Waals surface area contributed by atoms with Crippen LogP contribution in [0.3, 0.4) is 0 Å². The molecule has 14 heavy (non-hydrogen) atoms. The monoisotopic (exact) mass is 188 g/mol. The zero-order valence-electron chi connectivity index (χ0n) is 8.83. The van der Waals surface area contributed by atoms with Crippen molar-refractivity contribution in [3.05, 3.63) is 29.8 Å². The second-order valence-corrected chi connectivity index (χ2v) is 3.21. The molecule has 2 nitrogen and oxygen atoms in total. The van der Waals surface area contributed by atoms with Crippen LogP contribution in [0, 0.1) is 11.3 Å². The highest BCUT2D eigenvalue weighted by Gasteiger charge is 2.06. The van der Waals surface area contributed by atoms with E-state index in [1.165, 1.54) is 0 Å². The second kappa shape index (κ2) is 5.29. The molecule has 0 bridgehead atoms. The second-order valence-electron chi connectivity index (χ2n) is 3.21. The summed E-state index contributed by atoms with van der Waals surface area (Å²) >= 11 is 0. The first-order valence-corrected chi connectivity index (χ1v) is 5.07. The number of rotatable bonds is 4. The van der Waals surface area contributed by atoms with Crippen molar-refractivity contribution in [3.8, 4) is 6.07 Å². The number of para-hydroxylation sites is 1. The van der Waals surface area contributed by atoms with Crippen LogP contribution in [0.2, 0.25) is 0 Å². The zero-order valence-corrected chi connectivity index (χ0v) is 8.83. The average Bonchev–Trinajstić information content (AvgIpc) is 2.26. The van der Waals surface area contributed by atoms with E-state index in [0.29, 0.717) is 0 Å². The quantitative estimate of drug-likeness (QED) is 0.726. The van der Waals surface area contributed by atoms with Crippen molar-refractivity contribution in [2.45, 2.75) is 20.3 Å². The molecule has 0 saturated carbocycles. The summed E-state index contributed by atoms with van der Waals surface area (Å²) in [5, 5.41) is 8.95. The highest BCUT2D eigenvalue weighted by atomic mass is 15.1. The van der Waals surface area contributed by atoms with Gasteiger partial charge in [0, 0.05) is 13.1 Å². The molecule has 0 aromatic heterocycles. The Hall–Kier alpha value is -1.49. The minimum absolute atomic E-state index is 0.766. The smallest absolute Gasteiger partial charge is 0.101 e. The molecule has 1 rings (SSSR count). The molecule has 0 amide bonds. The van der Waals surface area contributed by atoms with Gasteiger partial charge in [0.15, 0.2) is 0 Å². The summed E-state index contributed by atoms with van der Waals surface area (Å²) in [6, 6.07) is 9.99. The first kappa shape index (κ1) is 10.6. The molecular formula is C12H16N2. The van der Waals surface area contributed by atoms with E-state index >= 15 is 0 Å². The van der Waals surface area contributed by atoms with Gasteiger partial charge in [-0.05, 0) is 25.5 Å². The van der Waals surface area contributed by atoms with Gasteiger partial charge in [0.25, 0.3) is 0 Å². The minimum atomic E-state index is 0.766. The molecule has 0 unspecified atom stereocenters. The molecule has 0 aliphatic carbocycles. The molecule has 0 aliphatic heterocycles. The molecule has 0 heterocycles. The van der Waals surface area contributed by atoms with Crippen LogP contribution in [-0.4, -0.2) is 13.1 Å². The zero-order chi connectivity index (χ0) is 10.4. The lowest BCUT2D eigenvalue weighted by Gasteiger charge is -2.23. The fraction of sp³-hybridized carbons (Fsp3) is 0.417. The number of hydrogen-bond acceptors (Lipinski definition) is 2. The molecule has 1 aromatic rings. The molecule has 2 heteroatoms. The largest absolute Gasteiger partial charge is 0.371 e. The molecular weight excluding hydrogens is 172 g/mol. The lowest BCUT2D eigenvalue weighted by atomic mass is 10.1. The van der Waals surface area contributed by atoms with Gasteiger partial charge in [-0.2, -0.15) is 5.26 Å². The number of hydrogen-bond donors (Lipinski definition) is 0. The molecule has 0 saturated heterocycles. The van der Waals surface area contributed by atoms with Gasteiger partial charge < -0.3 is 4.90 Å². The number of nitriles is 1. The van der Waals surface area contributed by atoms with Crippen LogP contribution in [0.1, 0.15) is 25.8 Å². The van der Waals surface area contributed by atoms with Gasteiger partial charge in [0.1, 0.15) is 6.07 Å². The topological polar surface area (TPSA) is 27.0 Å². The first-order valence-electron chi connectivity index (χ1n) is 5.07. The minimum Gasteiger partial charge on any atom is -0.371 e. The molecule has 0 N–H and O–H groups in total. The maximum atomic E-state index is 8.95. The van der Waals surface area contributed by atoms with Gasteiger partial charge in [0.2, 0.25) is 0 Å². The lowest BCUT2D eigenvalue weighted by molar-refractivity contribution is 0.791. The number of anilines is 1. The Kier molecular flexibility index (Phi) is 4.00. The Bertz CT molecular complexity index is 325. The van der Waals surface area contributed by atoms with E-state index in [-0.39, 0.29) is 0 Å². The summed E-state index contributed by atoms with van der Waals surface area (Å²) in [6.07, 6.45) is 1.10. The highest BCUT2D eigenvalue weighted by molar-refractivity contribution is 5.59. The van der Waals surface area contributed by atoms with Crippen LogP contribution in [0.5, 0.6) is 0 Å². The average molecular weight is 188 g/mol. The molecule has 0 atom stereocenters. The van der Waals surface area contributed by atoms with Gasteiger partial charge in [-0.15, -0.1) is 0 Å². The maximum absolute atomic E-state index is 8.95. The van der Waals surface area contributed by atoms with Crippen LogP contribution in [0.25, 0.3) is 0 Å². The Morgan fingerprint density at radius 1 is 1.29 bits per heavy atom. The number of nitrogens with zero attached hydrogens (tertiary/aromatic N) is 2. The summed E-state index contributed by atoms with van der Waals surface area (Å²) in [7, 11) is 0.